The molecule has 7 heteroatoms. The number of amides is 1. The van der Waals surface area contributed by atoms with Crippen LogP contribution < -0.4 is 10.1 Å². The molecular formula is C22H23N5O2. The number of methoxy groups -OCH3 is 1. The third kappa shape index (κ3) is 4.75. The van der Waals surface area contributed by atoms with Crippen molar-refractivity contribution in [2.45, 2.75) is 12.8 Å². The van der Waals surface area contributed by atoms with Crippen LogP contribution in [0.4, 0.5) is 5.95 Å². The summed E-state index contributed by atoms with van der Waals surface area (Å²) in [7, 11) is 1.63. The third-order valence-corrected chi connectivity index (χ3v) is 4.91. The summed E-state index contributed by atoms with van der Waals surface area (Å²) in [6.07, 6.45) is 5.72. The van der Waals surface area contributed by atoms with Gasteiger partial charge in [-0.2, -0.15) is 0 Å². The SMILES string of the molecule is COc1ccc(-c2cc(-c3ccncc3)nc(NC(=O)CN3CCCC3)n2)cc1. The maximum atomic E-state index is 12.5. The Morgan fingerprint density at radius 1 is 1.00 bits per heavy atom. The van der Waals surface area contributed by atoms with Crippen LogP contribution in [0.2, 0.25) is 0 Å². The minimum Gasteiger partial charge on any atom is -0.497 e. The van der Waals surface area contributed by atoms with Crippen molar-refractivity contribution >= 4 is 11.9 Å². The minimum atomic E-state index is -0.0977. The lowest BCUT2D eigenvalue weighted by molar-refractivity contribution is -0.117. The van der Waals surface area contributed by atoms with E-state index in [2.05, 4.69) is 25.2 Å². The van der Waals surface area contributed by atoms with E-state index in [4.69, 9.17) is 4.74 Å². The fraction of sp³-hybridized carbons (Fsp3) is 0.273. The number of nitrogens with one attached hydrogen (secondary N) is 1. The number of carbonyl (C=O) groups is 1. The number of pyridine rings is 1. The molecule has 29 heavy (non-hydrogen) atoms. The first-order valence-electron chi connectivity index (χ1n) is 9.67. The summed E-state index contributed by atoms with van der Waals surface area (Å²) >= 11 is 0. The zero-order valence-corrected chi connectivity index (χ0v) is 16.3. The number of anilines is 1. The normalized spacial score (nSPS) is 14.0. The molecule has 3 aromatic rings. The maximum absolute atomic E-state index is 12.5. The fourth-order valence-corrected chi connectivity index (χ4v) is 3.39. The molecule has 0 saturated carbocycles. The third-order valence-electron chi connectivity index (χ3n) is 4.91. The van der Waals surface area contributed by atoms with Gasteiger partial charge in [0.1, 0.15) is 5.75 Å². The molecule has 1 aliphatic rings. The number of likely N-dealkylation sites (tertiary alicyclic amines) is 1. The Morgan fingerprint density at radius 2 is 1.62 bits per heavy atom. The lowest BCUT2D eigenvalue weighted by Gasteiger charge is -2.14. The number of ether oxygens (including phenoxy) is 1. The summed E-state index contributed by atoms with van der Waals surface area (Å²) in [6.45, 7) is 2.28. The van der Waals surface area contributed by atoms with Gasteiger partial charge < -0.3 is 4.74 Å². The van der Waals surface area contributed by atoms with Crippen LogP contribution in [0.3, 0.4) is 0 Å². The highest BCUT2D eigenvalue weighted by molar-refractivity contribution is 5.91. The van der Waals surface area contributed by atoms with Crippen molar-refractivity contribution < 1.29 is 9.53 Å². The van der Waals surface area contributed by atoms with E-state index in [0.29, 0.717) is 12.5 Å². The largest absolute Gasteiger partial charge is 0.497 e. The van der Waals surface area contributed by atoms with E-state index in [1.807, 2.05) is 42.5 Å². The van der Waals surface area contributed by atoms with Gasteiger partial charge in [-0.25, -0.2) is 9.97 Å². The standard InChI is InChI=1S/C22H23N5O2/c1-29-18-6-4-16(5-7-18)19-14-20(17-8-10-23-11-9-17)25-22(24-19)26-21(28)15-27-12-2-3-13-27/h4-11,14H,2-3,12-13,15H2,1H3,(H,24,25,26,28). The second-order valence-corrected chi connectivity index (χ2v) is 6.96. The fourth-order valence-electron chi connectivity index (χ4n) is 3.39. The molecular weight excluding hydrogens is 366 g/mol. The molecule has 0 radical (unpaired) electrons. The molecule has 1 aromatic carbocycles. The maximum Gasteiger partial charge on any atom is 0.240 e. The molecule has 1 N–H and O–H groups in total. The topological polar surface area (TPSA) is 80.2 Å². The van der Waals surface area contributed by atoms with Gasteiger partial charge in [-0.1, -0.05) is 0 Å². The van der Waals surface area contributed by atoms with Crippen LogP contribution in [0.1, 0.15) is 12.8 Å². The Morgan fingerprint density at radius 3 is 2.24 bits per heavy atom. The van der Waals surface area contributed by atoms with Gasteiger partial charge in [-0.15, -0.1) is 0 Å². The van der Waals surface area contributed by atoms with Gasteiger partial charge in [0.15, 0.2) is 0 Å². The van der Waals surface area contributed by atoms with E-state index in [1.165, 1.54) is 0 Å². The Hall–Kier alpha value is -3.32. The lowest BCUT2D eigenvalue weighted by atomic mass is 10.1. The zero-order chi connectivity index (χ0) is 20.1. The molecule has 0 unspecified atom stereocenters. The Balaban J connectivity index is 1.64. The first kappa shape index (κ1) is 19.0. The molecule has 0 atom stereocenters. The van der Waals surface area contributed by atoms with Gasteiger partial charge in [0, 0.05) is 23.5 Å². The molecule has 7 nitrogen and oxygen atoms in total. The Labute approximate surface area is 169 Å². The highest BCUT2D eigenvalue weighted by Gasteiger charge is 2.17. The Kier molecular flexibility index (Phi) is 5.76. The van der Waals surface area contributed by atoms with Crippen LogP contribution in [-0.4, -0.2) is 52.5 Å². The van der Waals surface area contributed by atoms with Crippen LogP contribution >= 0.6 is 0 Å². The average molecular weight is 389 g/mol. The smallest absolute Gasteiger partial charge is 0.240 e. The van der Waals surface area contributed by atoms with Crippen molar-refractivity contribution in [3.05, 3.63) is 54.9 Å². The highest BCUT2D eigenvalue weighted by Crippen LogP contribution is 2.26. The van der Waals surface area contributed by atoms with Crippen LogP contribution in [0.5, 0.6) is 5.75 Å². The van der Waals surface area contributed by atoms with Gasteiger partial charge in [0.25, 0.3) is 0 Å². The molecule has 0 aliphatic carbocycles. The van der Waals surface area contributed by atoms with Gasteiger partial charge in [0.05, 0.1) is 25.0 Å². The van der Waals surface area contributed by atoms with Crippen molar-refractivity contribution in [2.24, 2.45) is 0 Å². The minimum absolute atomic E-state index is 0.0977. The van der Waals surface area contributed by atoms with Crippen LogP contribution in [0, 0.1) is 0 Å². The monoisotopic (exact) mass is 389 g/mol. The first-order chi connectivity index (χ1) is 14.2. The molecule has 4 rings (SSSR count). The van der Waals surface area contributed by atoms with E-state index in [9.17, 15) is 4.79 Å². The molecule has 0 bridgehead atoms. The second kappa shape index (κ2) is 8.79. The molecule has 2 aromatic heterocycles. The van der Waals surface area contributed by atoms with Crippen molar-refractivity contribution in [3.8, 4) is 28.3 Å². The molecule has 148 valence electrons. The second-order valence-electron chi connectivity index (χ2n) is 6.96. The molecule has 0 spiro atoms. The van der Waals surface area contributed by atoms with Crippen molar-refractivity contribution in [1.82, 2.24) is 19.9 Å². The van der Waals surface area contributed by atoms with Crippen molar-refractivity contribution in [2.75, 3.05) is 32.1 Å². The Bertz CT molecular complexity index is 970. The number of carbonyl (C=O) groups excluding carboxylic acids is 1. The number of hydrogen-bond donors (Lipinski definition) is 1. The van der Waals surface area contributed by atoms with Gasteiger partial charge in [-0.3, -0.25) is 20.0 Å². The summed E-state index contributed by atoms with van der Waals surface area (Å²) in [5.41, 5.74) is 3.28. The number of hydrogen-bond acceptors (Lipinski definition) is 6. The number of benzene rings is 1. The van der Waals surface area contributed by atoms with Crippen LogP contribution in [0.25, 0.3) is 22.5 Å². The van der Waals surface area contributed by atoms with Crippen LogP contribution in [0.15, 0.2) is 54.9 Å². The van der Waals surface area contributed by atoms with Gasteiger partial charge in [0.2, 0.25) is 11.9 Å². The molecule has 3 heterocycles. The molecule has 1 aliphatic heterocycles. The summed E-state index contributed by atoms with van der Waals surface area (Å²) < 4.78 is 5.24. The average Bonchev–Trinajstić information content (AvgIpc) is 3.27. The molecule has 1 saturated heterocycles. The predicted octanol–water partition coefficient (Wildman–Crippen LogP) is 3.25. The van der Waals surface area contributed by atoms with Gasteiger partial charge in [-0.05, 0) is 68.4 Å². The first-order valence-corrected chi connectivity index (χ1v) is 9.67. The molecule has 1 fully saturated rings. The summed E-state index contributed by atoms with van der Waals surface area (Å²) in [5, 5.41) is 2.87. The van der Waals surface area contributed by atoms with Crippen molar-refractivity contribution in [1.29, 1.82) is 0 Å². The van der Waals surface area contributed by atoms with E-state index in [0.717, 1.165) is 54.2 Å². The summed E-state index contributed by atoms with van der Waals surface area (Å²) in [4.78, 5) is 27.8. The van der Waals surface area contributed by atoms with Gasteiger partial charge >= 0.3 is 0 Å². The summed E-state index contributed by atoms with van der Waals surface area (Å²) in [6, 6.07) is 13.3. The number of rotatable bonds is 6. The van der Waals surface area contributed by atoms with E-state index in [1.54, 1.807) is 19.5 Å². The van der Waals surface area contributed by atoms with Crippen molar-refractivity contribution in [3.63, 3.8) is 0 Å². The van der Waals surface area contributed by atoms with E-state index >= 15 is 0 Å². The lowest BCUT2D eigenvalue weighted by Crippen LogP contribution is -2.31. The number of nitrogens with zero attached hydrogens (tertiary/aromatic N) is 4. The van der Waals surface area contributed by atoms with E-state index < -0.39 is 0 Å². The molecule has 1 amide bonds. The quantitative estimate of drug-likeness (QED) is 0.697. The zero-order valence-electron chi connectivity index (χ0n) is 16.3. The number of aromatic nitrogens is 3. The highest BCUT2D eigenvalue weighted by atomic mass is 16.5. The van der Waals surface area contributed by atoms with E-state index in [-0.39, 0.29) is 5.91 Å². The predicted molar refractivity (Wildman–Crippen MR) is 112 cm³/mol. The summed E-state index contributed by atoms with van der Waals surface area (Å²) in [5.74, 6) is 0.977. The van der Waals surface area contributed by atoms with Crippen LogP contribution in [-0.2, 0) is 4.79 Å².